The summed E-state index contributed by atoms with van der Waals surface area (Å²) in [5.41, 5.74) is 0.309. The number of carbonyl (C=O) groups excluding carboxylic acids is 1. The van der Waals surface area contributed by atoms with Crippen LogP contribution in [0, 0.1) is 0 Å². The molecule has 3 aromatic rings. The molecule has 0 aliphatic heterocycles. The minimum atomic E-state index is -0.343. The van der Waals surface area contributed by atoms with Crippen LogP contribution in [-0.2, 0) is 6.54 Å². The zero-order valence-electron chi connectivity index (χ0n) is 11.4. The molecule has 0 unspecified atom stereocenters. The van der Waals surface area contributed by atoms with Gasteiger partial charge in [0.05, 0.1) is 13.7 Å². The number of hydrogen-bond donors (Lipinski definition) is 0. The van der Waals surface area contributed by atoms with E-state index in [1.807, 2.05) is 18.2 Å². The molecule has 0 saturated heterocycles. The third kappa shape index (κ3) is 2.45. The molecule has 5 heteroatoms. The van der Waals surface area contributed by atoms with E-state index >= 15 is 0 Å². The predicted octanol–water partition coefficient (Wildman–Crippen LogP) is 2.49. The number of fused-ring (bicyclic) bond motifs is 1. The van der Waals surface area contributed by atoms with Crippen molar-refractivity contribution in [3.05, 3.63) is 64.8 Å². The minimum absolute atomic E-state index is 0.0874. The quantitative estimate of drug-likeness (QED) is 0.690. The van der Waals surface area contributed by atoms with Gasteiger partial charge in [-0.3, -0.25) is 9.59 Å². The molecule has 0 aliphatic carbocycles. The van der Waals surface area contributed by atoms with E-state index in [1.54, 1.807) is 30.5 Å². The summed E-state index contributed by atoms with van der Waals surface area (Å²) in [5, 5.41) is 0.860. The van der Waals surface area contributed by atoms with E-state index in [9.17, 15) is 9.59 Å². The average molecular weight is 283 g/mol. The van der Waals surface area contributed by atoms with Crippen LogP contribution in [0.25, 0.3) is 11.0 Å². The SMILES string of the molecule is COc1cccn(CC(=O)c2cc3ccccc3o2)c1=O. The first-order chi connectivity index (χ1) is 10.2. The van der Waals surface area contributed by atoms with Crippen LogP contribution in [0.4, 0.5) is 0 Å². The van der Waals surface area contributed by atoms with E-state index in [-0.39, 0.29) is 29.4 Å². The van der Waals surface area contributed by atoms with Gasteiger partial charge in [-0.05, 0) is 24.3 Å². The molecule has 1 aromatic carbocycles. The lowest BCUT2D eigenvalue weighted by atomic mass is 10.2. The van der Waals surface area contributed by atoms with E-state index in [0.29, 0.717) is 5.58 Å². The molecule has 2 aromatic heterocycles. The first-order valence-corrected chi connectivity index (χ1v) is 6.44. The number of para-hydroxylation sites is 1. The second-order valence-corrected chi connectivity index (χ2v) is 4.58. The Hall–Kier alpha value is -2.82. The van der Waals surface area contributed by atoms with Crippen LogP contribution in [0.15, 0.2) is 57.9 Å². The van der Waals surface area contributed by atoms with Crippen molar-refractivity contribution in [2.24, 2.45) is 0 Å². The summed E-state index contributed by atoms with van der Waals surface area (Å²) in [7, 11) is 1.42. The zero-order valence-corrected chi connectivity index (χ0v) is 11.4. The van der Waals surface area contributed by atoms with Gasteiger partial charge in [-0.15, -0.1) is 0 Å². The molecule has 0 amide bonds. The number of benzene rings is 1. The number of methoxy groups -OCH3 is 1. The van der Waals surface area contributed by atoms with E-state index in [4.69, 9.17) is 9.15 Å². The lowest BCUT2D eigenvalue weighted by Crippen LogP contribution is -2.24. The van der Waals surface area contributed by atoms with Crippen LogP contribution in [0.3, 0.4) is 0 Å². The molecular weight excluding hydrogens is 270 g/mol. The summed E-state index contributed by atoms with van der Waals surface area (Å²) in [6.07, 6.45) is 1.55. The van der Waals surface area contributed by atoms with E-state index in [1.165, 1.54) is 11.7 Å². The molecule has 5 nitrogen and oxygen atoms in total. The smallest absolute Gasteiger partial charge is 0.293 e. The van der Waals surface area contributed by atoms with Gasteiger partial charge in [-0.1, -0.05) is 18.2 Å². The van der Waals surface area contributed by atoms with Crippen LogP contribution < -0.4 is 10.3 Å². The van der Waals surface area contributed by atoms with Crippen molar-refractivity contribution in [1.29, 1.82) is 0 Å². The highest BCUT2D eigenvalue weighted by atomic mass is 16.5. The Morgan fingerprint density at radius 1 is 1.24 bits per heavy atom. The van der Waals surface area contributed by atoms with Crippen LogP contribution in [0.5, 0.6) is 5.75 Å². The average Bonchev–Trinajstić information content (AvgIpc) is 2.93. The summed E-state index contributed by atoms with van der Waals surface area (Å²) in [6.45, 7) is -0.0874. The van der Waals surface area contributed by atoms with Gasteiger partial charge in [0.25, 0.3) is 5.56 Å². The van der Waals surface area contributed by atoms with Gasteiger partial charge in [0.15, 0.2) is 11.5 Å². The van der Waals surface area contributed by atoms with Crippen molar-refractivity contribution < 1.29 is 13.9 Å². The van der Waals surface area contributed by atoms with Crippen LogP contribution in [0.1, 0.15) is 10.6 Å². The molecule has 2 heterocycles. The van der Waals surface area contributed by atoms with Crippen molar-refractivity contribution in [1.82, 2.24) is 4.57 Å². The molecule has 3 rings (SSSR count). The molecule has 0 spiro atoms. The third-order valence-electron chi connectivity index (χ3n) is 3.22. The maximum Gasteiger partial charge on any atom is 0.293 e. The highest BCUT2D eigenvalue weighted by Crippen LogP contribution is 2.19. The maximum atomic E-state index is 12.2. The number of carbonyl (C=O) groups is 1. The number of nitrogens with zero attached hydrogens (tertiary/aromatic N) is 1. The number of rotatable bonds is 4. The molecule has 0 N–H and O–H groups in total. The molecule has 0 saturated carbocycles. The first-order valence-electron chi connectivity index (χ1n) is 6.44. The maximum absolute atomic E-state index is 12.2. The Kier molecular flexibility index (Phi) is 3.31. The van der Waals surface area contributed by atoms with E-state index < -0.39 is 0 Å². The number of aromatic nitrogens is 1. The molecule has 0 bridgehead atoms. The van der Waals surface area contributed by atoms with Gasteiger partial charge in [0.2, 0.25) is 5.78 Å². The highest BCUT2D eigenvalue weighted by molar-refractivity contribution is 5.97. The summed E-state index contributed by atoms with van der Waals surface area (Å²) in [6, 6.07) is 12.3. The van der Waals surface area contributed by atoms with Crippen LogP contribution >= 0.6 is 0 Å². The van der Waals surface area contributed by atoms with Crippen LogP contribution in [0.2, 0.25) is 0 Å². The number of ether oxygens (including phenoxy) is 1. The second kappa shape index (κ2) is 5.28. The van der Waals surface area contributed by atoms with E-state index in [2.05, 4.69) is 0 Å². The number of hydrogen-bond acceptors (Lipinski definition) is 4. The largest absolute Gasteiger partial charge is 0.491 e. The van der Waals surface area contributed by atoms with Crippen molar-refractivity contribution in [2.45, 2.75) is 6.54 Å². The normalized spacial score (nSPS) is 10.7. The fourth-order valence-electron chi connectivity index (χ4n) is 2.15. The number of Topliss-reactive ketones (excluding diaryl/α,β-unsaturated/α-hetero) is 1. The predicted molar refractivity (Wildman–Crippen MR) is 77.8 cm³/mol. The Bertz CT molecular complexity index is 827. The molecule has 0 radical (unpaired) electrons. The lowest BCUT2D eigenvalue weighted by molar-refractivity contribution is 0.0945. The monoisotopic (exact) mass is 283 g/mol. The fraction of sp³-hybridized carbons (Fsp3) is 0.125. The van der Waals surface area contributed by atoms with Gasteiger partial charge in [0.1, 0.15) is 5.58 Å². The van der Waals surface area contributed by atoms with Crippen molar-refractivity contribution in [3.8, 4) is 5.75 Å². The molecule has 106 valence electrons. The Balaban J connectivity index is 1.91. The molecule has 0 atom stereocenters. The summed E-state index contributed by atoms with van der Waals surface area (Å²) in [5.74, 6) is 0.183. The fourth-order valence-corrected chi connectivity index (χ4v) is 2.15. The Morgan fingerprint density at radius 3 is 2.81 bits per heavy atom. The first kappa shape index (κ1) is 13.2. The molecule has 21 heavy (non-hydrogen) atoms. The van der Waals surface area contributed by atoms with Crippen LogP contribution in [-0.4, -0.2) is 17.5 Å². The van der Waals surface area contributed by atoms with Gasteiger partial charge in [-0.25, -0.2) is 0 Å². The second-order valence-electron chi connectivity index (χ2n) is 4.58. The molecular formula is C16H13NO4. The Morgan fingerprint density at radius 2 is 2.05 bits per heavy atom. The van der Waals surface area contributed by atoms with Gasteiger partial charge in [0, 0.05) is 11.6 Å². The van der Waals surface area contributed by atoms with Crippen molar-refractivity contribution >= 4 is 16.8 Å². The van der Waals surface area contributed by atoms with Gasteiger partial charge >= 0.3 is 0 Å². The minimum Gasteiger partial charge on any atom is -0.491 e. The summed E-state index contributed by atoms with van der Waals surface area (Å²) < 4.78 is 11.8. The number of ketones is 1. The topological polar surface area (TPSA) is 61.4 Å². The van der Waals surface area contributed by atoms with Crippen molar-refractivity contribution in [3.63, 3.8) is 0 Å². The third-order valence-corrected chi connectivity index (χ3v) is 3.22. The summed E-state index contributed by atoms with van der Waals surface area (Å²) in [4.78, 5) is 24.2. The molecule has 0 fully saturated rings. The van der Waals surface area contributed by atoms with Crippen molar-refractivity contribution in [2.75, 3.05) is 7.11 Å². The Labute approximate surface area is 120 Å². The molecule has 0 aliphatic rings. The standard InChI is InChI=1S/C16H13NO4/c1-20-14-7-4-8-17(16(14)19)10-12(18)15-9-11-5-2-3-6-13(11)21-15/h2-9H,10H2,1H3. The van der Waals surface area contributed by atoms with Gasteiger partial charge < -0.3 is 13.7 Å². The highest BCUT2D eigenvalue weighted by Gasteiger charge is 2.14. The summed E-state index contributed by atoms with van der Waals surface area (Å²) >= 11 is 0. The zero-order chi connectivity index (χ0) is 14.8. The lowest BCUT2D eigenvalue weighted by Gasteiger charge is -2.05. The van der Waals surface area contributed by atoms with E-state index in [0.717, 1.165) is 5.39 Å². The van der Waals surface area contributed by atoms with Gasteiger partial charge in [-0.2, -0.15) is 0 Å². The number of furan rings is 1. The number of pyridine rings is 1.